The van der Waals surface area contributed by atoms with Gasteiger partial charge < -0.3 is 9.84 Å². The molecule has 146 valence electrons. The number of phenols is 1. The van der Waals surface area contributed by atoms with Gasteiger partial charge in [0.15, 0.2) is 4.80 Å². The normalized spacial score (nSPS) is 16.3. The third kappa shape index (κ3) is 3.30. The van der Waals surface area contributed by atoms with Crippen molar-refractivity contribution < 1.29 is 14.6 Å². The van der Waals surface area contributed by atoms with Gasteiger partial charge in [-0.1, -0.05) is 59.9 Å². The summed E-state index contributed by atoms with van der Waals surface area (Å²) in [4.78, 5) is 30.8. The minimum Gasteiger partial charge on any atom is -0.507 e. The van der Waals surface area contributed by atoms with E-state index < -0.39 is 12.0 Å². The van der Waals surface area contributed by atoms with Crippen LogP contribution in [0.1, 0.15) is 24.1 Å². The fourth-order valence-corrected chi connectivity index (χ4v) is 4.43. The SMILES string of the molecule is COC(=O)C1=C(C)N=c2sc(=Cc3ccccc3O)c(=O)n2[C@H]1c1ccccc1. The summed E-state index contributed by atoms with van der Waals surface area (Å²) in [7, 11) is 1.31. The molecule has 1 atom stereocenters. The summed E-state index contributed by atoms with van der Waals surface area (Å²) in [5.41, 5.74) is 1.90. The van der Waals surface area contributed by atoms with Gasteiger partial charge in [-0.15, -0.1) is 0 Å². The molecule has 0 spiro atoms. The first-order valence-electron chi connectivity index (χ1n) is 8.95. The zero-order valence-electron chi connectivity index (χ0n) is 15.8. The standard InChI is InChI=1S/C22H18N2O4S/c1-13-18(21(27)28-2)19(14-8-4-3-5-9-14)24-20(26)17(29-22(24)23-13)12-15-10-6-7-11-16(15)25/h3-12,19,25H,1-2H3/t19-/m0/s1. The Bertz CT molecular complexity index is 1300. The molecule has 0 fully saturated rings. The Labute approximate surface area is 170 Å². The maximum absolute atomic E-state index is 13.3. The van der Waals surface area contributed by atoms with Crippen LogP contribution in [0.15, 0.2) is 75.7 Å². The molecule has 0 saturated carbocycles. The molecule has 3 aromatic rings. The van der Waals surface area contributed by atoms with E-state index in [1.807, 2.05) is 30.3 Å². The fourth-order valence-electron chi connectivity index (χ4n) is 3.39. The molecule has 1 aliphatic rings. The van der Waals surface area contributed by atoms with Gasteiger partial charge in [-0.3, -0.25) is 9.36 Å². The number of aromatic nitrogens is 1. The fraction of sp³-hybridized carbons (Fsp3) is 0.136. The van der Waals surface area contributed by atoms with Gasteiger partial charge in [0.25, 0.3) is 5.56 Å². The average molecular weight is 406 g/mol. The number of nitrogens with zero attached hydrogens (tertiary/aromatic N) is 2. The largest absolute Gasteiger partial charge is 0.507 e. The molecule has 0 amide bonds. The van der Waals surface area contributed by atoms with E-state index >= 15 is 0 Å². The van der Waals surface area contributed by atoms with E-state index in [4.69, 9.17) is 4.74 Å². The summed E-state index contributed by atoms with van der Waals surface area (Å²) < 4.78 is 6.92. The van der Waals surface area contributed by atoms with Crippen LogP contribution in [0.25, 0.3) is 6.08 Å². The van der Waals surface area contributed by atoms with Crippen LogP contribution in [-0.4, -0.2) is 22.8 Å². The Kier molecular flexibility index (Phi) is 4.90. The van der Waals surface area contributed by atoms with E-state index in [9.17, 15) is 14.7 Å². The number of aromatic hydroxyl groups is 1. The van der Waals surface area contributed by atoms with Gasteiger partial charge in [0.1, 0.15) is 5.75 Å². The molecule has 0 bridgehead atoms. The summed E-state index contributed by atoms with van der Waals surface area (Å²) >= 11 is 1.22. The van der Waals surface area contributed by atoms with Gasteiger partial charge in [0, 0.05) is 5.56 Å². The Morgan fingerprint density at radius 2 is 1.86 bits per heavy atom. The molecule has 0 saturated heterocycles. The maximum Gasteiger partial charge on any atom is 0.338 e. The van der Waals surface area contributed by atoms with Crippen LogP contribution in [0.4, 0.5) is 0 Å². The molecule has 2 aromatic carbocycles. The van der Waals surface area contributed by atoms with E-state index in [1.165, 1.54) is 23.0 Å². The van der Waals surface area contributed by atoms with E-state index in [0.717, 1.165) is 5.56 Å². The summed E-state index contributed by atoms with van der Waals surface area (Å²) in [6, 6.07) is 15.5. The minimum atomic E-state index is -0.633. The Balaban J connectivity index is 2.00. The number of phenolic OH excluding ortho intramolecular Hbond substituents is 1. The first-order chi connectivity index (χ1) is 14.0. The quantitative estimate of drug-likeness (QED) is 0.676. The second kappa shape index (κ2) is 7.52. The summed E-state index contributed by atoms with van der Waals surface area (Å²) in [6.07, 6.45) is 1.64. The lowest BCUT2D eigenvalue weighted by atomic mass is 9.96. The van der Waals surface area contributed by atoms with Crippen molar-refractivity contribution in [2.24, 2.45) is 4.99 Å². The number of carbonyl (C=O) groups excluding carboxylic acids is 1. The number of methoxy groups -OCH3 is 1. The highest BCUT2D eigenvalue weighted by Crippen LogP contribution is 2.30. The number of thiazole rings is 1. The average Bonchev–Trinajstić information content (AvgIpc) is 3.03. The molecule has 0 aliphatic carbocycles. The van der Waals surface area contributed by atoms with Crippen molar-refractivity contribution in [1.29, 1.82) is 0 Å². The molecule has 0 unspecified atom stereocenters. The van der Waals surface area contributed by atoms with Crippen molar-refractivity contribution in [3.8, 4) is 5.75 Å². The monoisotopic (exact) mass is 406 g/mol. The Hall–Kier alpha value is -3.45. The molecular weight excluding hydrogens is 388 g/mol. The molecule has 7 heteroatoms. The van der Waals surface area contributed by atoms with Crippen molar-refractivity contribution in [2.45, 2.75) is 13.0 Å². The van der Waals surface area contributed by atoms with Crippen LogP contribution in [-0.2, 0) is 9.53 Å². The van der Waals surface area contributed by atoms with E-state index in [0.29, 0.717) is 26.2 Å². The van der Waals surface area contributed by atoms with Gasteiger partial charge >= 0.3 is 5.97 Å². The number of rotatable bonds is 3. The number of carbonyl (C=O) groups is 1. The Morgan fingerprint density at radius 3 is 2.55 bits per heavy atom. The molecule has 2 heterocycles. The number of esters is 1. The van der Waals surface area contributed by atoms with Crippen molar-refractivity contribution in [3.63, 3.8) is 0 Å². The number of benzene rings is 2. The van der Waals surface area contributed by atoms with E-state index in [2.05, 4.69) is 4.99 Å². The van der Waals surface area contributed by atoms with Gasteiger partial charge in [-0.25, -0.2) is 9.79 Å². The molecule has 1 aromatic heterocycles. The highest BCUT2D eigenvalue weighted by atomic mass is 32.1. The van der Waals surface area contributed by atoms with Crippen LogP contribution in [0.3, 0.4) is 0 Å². The van der Waals surface area contributed by atoms with E-state index in [-0.39, 0.29) is 11.3 Å². The maximum atomic E-state index is 13.3. The van der Waals surface area contributed by atoms with Gasteiger partial charge in [-0.2, -0.15) is 0 Å². The lowest BCUT2D eigenvalue weighted by Gasteiger charge is -2.24. The molecule has 1 aliphatic heterocycles. The minimum absolute atomic E-state index is 0.0874. The Morgan fingerprint density at radius 1 is 1.17 bits per heavy atom. The van der Waals surface area contributed by atoms with Crippen LogP contribution in [0, 0.1) is 0 Å². The van der Waals surface area contributed by atoms with Crippen LogP contribution in [0.2, 0.25) is 0 Å². The lowest BCUT2D eigenvalue weighted by Crippen LogP contribution is -2.39. The number of hydrogen-bond acceptors (Lipinski definition) is 6. The topological polar surface area (TPSA) is 80.9 Å². The molecule has 6 nitrogen and oxygen atoms in total. The smallest absolute Gasteiger partial charge is 0.338 e. The highest BCUT2D eigenvalue weighted by Gasteiger charge is 2.32. The predicted molar refractivity (Wildman–Crippen MR) is 110 cm³/mol. The van der Waals surface area contributed by atoms with Crippen LogP contribution in [0.5, 0.6) is 5.75 Å². The van der Waals surface area contributed by atoms with Crippen molar-refractivity contribution >= 4 is 23.4 Å². The number of hydrogen-bond donors (Lipinski definition) is 1. The number of para-hydroxylation sites is 1. The second-order valence-electron chi connectivity index (χ2n) is 6.54. The lowest BCUT2D eigenvalue weighted by molar-refractivity contribution is -0.136. The van der Waals surface area contributed by atoms with Crippen molar-refractivity contribution in [3.05, 3.63) is 96.7 Å². The summed E-state index contributed by atoms with van der Waals surface area (Å²) in [5.74, 6) is -0.431. The van der Waals surface area contributed by atoms with Crippen molar-refractivity contribution in [2.75, 3.05) is 7.11 Å². The second-order valence-corrected chi connectivity index (χ2v) is 7.55. The van der Waals surface area contributed by atoms with Gasteiger partial charge in [0.2, 0.25) is 0 Å². The zero-order valence-corrected chi connectivity index (χ0v) is 16.6. The molecule has 4 rings (SSSR count). The molecule has 29 heavy (non-hydrogen) atoms. The number of allylic oxidation sites excluding steroid dienone is 1. The summed E-state index contributed by atoms with van der Waals surface area (Å²) in [5, 5.41) is 10.1. The third-order valence-electron chi connectivity index (χ3n) is 4.77. The van der Waals surface area contributed by atoms with E-state index in [1.54, 1.807) is 37.3 Å². The molecule has 1 N–H and O–H groups in total. The zero-order chi connectivity index (χ0) is 20.5. The molecular formula is C22H18N2O4S. The van der Waals surface area contributed by atoms with Crippen molar-refractivity contribution in [1.82, 2.24) is 4.57 Å². The molecule has 0 radical (unpaired) electrons. The predicted octanol–water partition coefficient (Wildman–Crippen LogP) is 2.11. The van der Waals surface area contributed by atoms with Crippen LogP contribution < -0.4 is 14.9 Å². The number of ether oxygens (including phenoxy) is 1. The van der Waals surface area contributed by atoms with Gasteiger partial charge in [-0.05, 0) is 24.6 Å². The van der Waals surface area contributed by atoms with Crippen LogP contribution >= 0.6 is 11.3 Å². The first kappa shape index (κ1) is 18.9. The number of fused-ring (bicyclic) bond motifs is 1. The first-order valence-corrected chi connectivity index (χ1v) is 9.76. The third-order valence-corrected chi connectivity index (χ3v) is 5.75. The highest BCUT2D eigenvalue weighted by molar-refractivity contribution is 7.07. The summed E-state index contributed by atoms with van der Waals surface area (Å²) in [6.45, 7) is 1.74. The van der Waals surface area contributed by atoms with Gasteiger partial charge in [0.05, 0.1) is 29.0 Å².